The molecular weight excluding hydrogens is 504 g/mol. The van der Waals surface area contributed by atoms with E-state index in [4.69, 9.17) is 28.0 Å². The van der Waals surface area contributed by atoms with E-state index in [1.165, 1.54) is 18.2 Å². The standard InChI is InChI=1S/C24H19Cl2F3N4O2/c25-18-7-17(8-19(26)9-18)23(24(27,28)29)10-20(32-35-23)33-11-15-3-2-14(6-16(15)12-33)21(34)31-22(13-30)4-1-5-22/h2-3,6-9H,1,4-5,10-12H2,(H,31,34). The van der Waals surface area contributed by atoms with Crippen molar-refractivity contribution in [1.29, 1.82) is 5.26 Å². The summed E-state index contributed by atoms with van der Waals surface area (Å²) in [6.07, 6.45) is -3.20. The third-order valence-electron chi connectivity index (χ3n) is 6.83. The van der Waals surface area contributed by atoms with Gasteiger partial charge in [0.2, 0.25) is 0 Å². The van der Waals surface area contributed by atoms with E-state index in [1.807, 2.05) is 0 Å². The highest BCUT2D eigenvalue weighted by atomic mass is 35.5. The maximum atomic E-state index is 14.3. The zero-order valence-corrected chi connectivity index (χ0v) is 19.8. The number of fused-ring (bicyclic) bond motifs is 1. The molecule has 2 aromatic carbocycles. The minimum Gasteiger partial charge on any atom is -0.372 e. The van der Waals surface area contributed by atoms with Crippen LogP contribution in [0.4, 0.5) is 13.2 Å². The fourth-order valence-electron chi connectivity index (χ4n) is 4.65. The Morgan fingerprint density at radius 2 is 1.80 bits per heavy atom. The van der Waals surface area contributed by atoms with Crippen LogP contribution in [0.5, 0.6) is 0 Å². The molecule has 1 atom stereocenters. The van der Waals surface area contributed by atoms with E-state index in [0.717, 1.165) is 17.5 Å². The zero-order chi connectivity index (χ0) is 25.0. The first-order chi connectivity index (χ1) is 16.5. The Labute approximate surface area is 209 Å². The van der Waals surface area contributed by atoms with Crippen molar-refractivity contribution in [3.05, 3.63) is 68.7 Å². The van der Waals surface area contributed by atoms with E-state index in [1.54, 1.807) is 23.1 Å². The van der Waals surface area contributed by atoms with Crippen molar-refractivity contribution in [2.24, 2.45) is 5.16 Å². The van der Waals surface area contributed by atoms with Crippen LogP contribution < -0.4 is 5.32 Å². The van der Waals surface area contributed by atoms with Crippen LogP contribution in [0.3, 0.4) is 0 Å². The van der Waals surface area contributed by atoms with E-state index in [0.29, 0.717) is 24.9 Å². The fraction of sp³-hybridized carbons (Fsp3) is 0.375. The molecule has 0 saturated heterocycles. The summed E-state index contributed by atoms with van der Waals surface area (Å²) >= 11 is 11.9. The van der Waals surface area contributed by atoms with Crippen LogP contribution in [0.1, 0.15) is 52.7 Å². The smallest absolute Gasteiger partial charge is 0.372 e. The first-order valence-electron chi connectivity index (χ1n) is 10.9. The number of amides is 1. The summed E-state index contributed by atoms with van der Waals surface area (Å²) in [5, 5.41) is 16.1. The molecular formula is C24H19Cl2F3N4O2. The number of nitrogens with zero attached hydrogens (tertiary/aromatic N) is 3. The monoisotopic (exact) mass is 522 g/mol. The summed E-state index contributed by atoms with van der Waals surface area (Å²) < 4.78 is 42.8. The van der Waals surface area contributed by atoms with Gasteiger partial charge in [-0.05, 0) is 60.7 Å². The summed E-state index contributed by atoms with van der Waals surface area (Å²) in [4.78, 5) is 19.5. The molecule has 1 unspecified atom stereocenters. The lowest BCUT2D eigenvalue weighted by Crippen LogP contribution is -2.52. The summed E-state index contributed by atoms with van der Waals surface area (Å²) in [5.41, 5.74) is -1.67. The topological polar surface area (TPSA) is 77.7 Å². The number of rotatable bonds is 3. The lowest BCUT2D eigenvalue weighted by atomic mass is 9.78. The Morgan fingerprint density at radius 1 is 1.11 bits per heavy atom. The molecule has 0 spiro atoms. The number of nitrogens with one attached hydrogen (secondary N) is 1. The Kier molecular flexibility index (Phi) is 5.65. The van der Waals surface area contributed by atoms with Crippen LogP contribution in [0.25, 0.3) is 0 Å². The second-order valence-corrected chi connectivity index (χ2v) is 9.97. The van der Waals surface area contributed by atoms with Gasteiger partial charge in [0.05, 0.1) is 12.5 Å². The lowest BCUT2D eigenvalue weighted by molar-refractivity contribution is -0.275. The Morgan fingerprint density at radius 3 is 2.40 bits per heavy atom. The van der Waals surface area contributed by atoms with Gasteiger partial charge in [0, 0.05) is 34.3 Å². The van der Waals surface area contributed by atoms with E-state index >= 15 is 0 Å². The number of nitriles is 1. The van der Waals surface area contributed by atoms with Gasteiger partial charge in [-0.25, -0.2) is 0 Å². The molecule has 1 amide bonds. The first kappa shape index (κ1) is 23.8. The van der Waals surface area contributed by atoms with Crippen molar-refractivity contribution >= 4 is 34.9 Å². The van der Waals surface area contributed by atoms with Crippen LogP contribution in [0.15, 0.2) is 41.6 Å². The number of hydrogen-bond acceptors (Lipinski definition) is 5. The molecule has 1 N–H and O–H groups in total. The van der Waals surface area contributed by atoms with Crippen molar-refractivity contribution in [2.75, 3.05) is 0 Å². The van der Waals surface area contributed by atoms with E-state index < -0.39 is 23.7 Å². The summed E-state index contributed by atoms with van der Waals surface area (Å²) in [6.45, 7) is 0.595. The van der Waals surface area contributed by atoms with Gasteiger partial charge in [-0.3, -0.25) is 4.79 Å². The van der Waals surface area contributed by atoms with Gasteiger partial charge in [-0.1, -0.05) is 34.4 Å². The molecule has 35 heavy (non-hydrogen) atoms. The normalized spacial score (nSPS) is 22.5. The van der Waals surface area contributed by atoms with Crippen molar-refractivity contribution in [3.8, 4) is 6.07 Å². The van der Waals surface area contributed by atoms with E-state index in [2.05, 4.69) is 16.5 Å². The average Bonchev–Trinajstić information content (AvgIpc) is 3.40. The predicted octanol–water partition coefficient (Wildman–Crippen LogP) is 5.68. The molecule has 182 valence electrons. The second kappa shape index (κ2) is 8.32. The maximum absolute atomic E-state index is 14.3. The minimum atomic E-state index is -4.78. The molecule has 3 aliphatic rings. The van der Waals surface area contributed by atoms with Crippen LogP contribution in [0.2, 0.25) is 10.0 Å². The number of carbonyl (C=O) groups is 1. The number of halogens is 5. The lowest BCUT2D eigenvalue weighted by Gasteiger charge is -2.35. The summed E-state index contributed by atoms with van der Waals surface area (Å²) in [5.74, 6) is -0.207. The molecule has 1 saturated carbocycles. The molecule has 6 nitrogen and oxygen atoms in total. The predicted molar refractivity (Wildman–Crippen MR) is 123 cm³/mol. The minimum absolute atomic E-state index is 0.0626. The van der Waals surface area contributed by atoms with E-state index in [-0.39, 0.29) is 33.9 Å². The van der Waals surface area contributed by atoms with Crippen molar-refractivity contribution in [1.82, 2.24) is 10.2 Å². The van der Waals surface area contributed by atoms with Gasteiger partial charge in [0.15, 0.2) is 0 Å². The highest BCUT2D eigenvalue weighted by molar-refractivity contribution is 6.34. The second-order valence-electron chi connectivity index (χ2n) is 9.10. The molecule has 2 aromatic rings. The van der Waals surface area contributed by atoms with Crippen LogP contribution in [-0.4, -0.2) is 28.4 Å². The number of benzene rings is 2. The van der Waals surface area contributed by atoms with Crippen LogP contribution in [-0.2, 0) is 23.5 Å². The molecule has 1 aliphatic carbocycles. The highest BCUT2D eigenvalue weighted by Gasteiger charge is 2.63. The van der Waals surface area contributed by atoms with Crippen molar-refractivity contribution < 1.29 is 22.8 Å². The number of hydrogen-bond donors (Lipinski definition) is 1. The SMILES string of the molecule is N#CC1(NC(=O)c2ccc3c(c2)CN(C2=NOC(c4cc(Cl)cc(Cl)c4)(C(F)(F)F)C2)C3)CCC1. The van der Waals surface area contributed by atoms with Gasteiger partial charge < -0.3 is 15.1 Å². The average molecular weight is 523 g/mol. The largest absolute Gasteiger partial charge is 0.435 e. The Bertz CT molecular complexity index is 1270. The Balaban J connectivity index is 1.34. The maximum Gasteiger partial charge on any atom is 0.435 e. The summed E-state index contributed by atoms with van der Waals surface area (Å²) in [6, 6.07) is 11.0. The molecule has 2 heterocycles. The molecule has 2 aliphatic heterocycles. The quantitative estimate of drug-likeness (QED) is 0.562. The van der Waals surface area contributed by atoms with Gasteiger partial charge in [-0.2, -0.15) is 18.4 Å². The van der Waals surface area contributed by atoms with Gasteiger partial charge in [0.25, 0.3) is 11.5 Å². The van der Waals surface area contributed by atoms with Crippen molar-refractivity contribution in [2.45, 2.75) is 56.1 Å². The molecule has 1 fully saturated rings. The highest BCUT2D eigenvalue weighted by Crippen LogP contribution is 2.50. The molecule has 0 aromatic heterocycles. The third kappa shape index (κ3) is 4.09. The summed E-state index contributed by atoms with van der Waals surface area (Å²) in [7, 11) is 0. The number of alkyl halides is 3. The first-order valence-corrected chi connectivity index (χ1v) is 11.7. The third-order valence-corrected chi connectivity index (χ3v) is 7.27. The van der Waals surface area contributed by atoms with Crippen molar-refractivity contribution in [3.63, 3.8) is 0 Å². The molecule has 5 rings (SSSR count). The molecule has 0 bridgehead atoms. The van der Waals surface area contributed by atoms with Crippen LogP contribution >= 0.6 is 23.2 Å². The molecule has 0 radical (unpaired) electrons. The fourth-order valence-corrected chi connectivity index (χ4v) is 5.17. The van der Waals surface area contributed by atoms with Crippen LogP contribution in [0, 0.1) is 11.3 Å². The van der Waals surface area contributed by atoms with Gasteiger partial charge in [-0.15, -0.1) is 0 Å². The van der Waals surface area contributed by atoms with Gasteiger partial charge in [0.1, 0.15) is 11.4 Å². The van der Waals surface area contributed by atoms with Gasteiger partial charge >= 0.3 is 6.18 Å². The molecule has 11 heteroatoms. The number of carbonyl (C=O) groups excluding carboxylic acids is 1. The number of amidine groups is 1. The van der Waals surface area contributed by atoms with E-state index in [9.17, 15) is 23.2 Å². The number of oxime groups is 1. The zero-order valence-electron chi connectivity index (χ0n) is 18.3. The Hall–Kier alpha value is -2.96.